The largest absolute Gasteiger partial charge is 0.353 e. The summed E-state index contributed by atoms with van der Waals surface area (Å²) >= 11 is 0. The summed E-state index contributed by atoms with van der Waals surface area (Å²) in [6, 6.07) is 0.487. The van der Waals surface area contributed by atoms with Crippen LogP contribution in [0.5, 0.6) is 0 Å². The monoisotopic (exact) mass is 181 g/mol. The molecule has 0 saturated heterocycles. The van der Waals surface area contributed by atoms with Crippen molar-refractivity contribution < 1.29 is 0 Å². The molecule has 1 aromatic rings. The fourth-order valence-electron chi connectivity index (χ4n) is 1.49. The van der Waals surface area contributed by atoms with Gasteiger partial charge >= 0.3 is 0 Å². The minimum absolute atomic E-state index is 0.487. The van der Waals surface area contributed by atoms with E-state index < -0.39 is 0 Å². The second kappa shape index (κ2) is 4.30. The van der Waals surface area contributed by atoms with E-state index in [0.29, 0.717) is 6.04 Å². The van der Waals surface area contributed by atoms with Crippen LogP contribution >= 0.6 is 0 Å². The third kappa shape index (κ3) is 3.09. The van der Waals surface area contributed by atoms with Gasteiger partial charge in [0.2, 0.25) is 5.95 Å². The zero-order valence-corrected chi connectivity index (χ0v) is 8.91. The fourth-order valence-corrected chi connectivity index (χ4v) is 1.49. The van der Waals surface area contributed by atoms with Gasteiger partial charge in [-0.25, -0.2) is 4.98 Å². The van der Waals surface area contributed by atoms with E-state index in [1.54, 1.807) is 0 Å². The predicted octanol–water partition coefficient (Wildman–Crippen LogP) is 2.27. The molecule has 0 radical (unpaired) electrons. The van der Waals surface area contributed by atoms with E-state index in [2.05, 4.69) is 31.1 Å². The minimum atomic E-state index is 0.487. The summed E-state index contributed by atoms with van der Waals surface area (Å²) in [7, 11) is 2.00. The van der Waals surface area contributed by atoms with Gasteiger partial charge in [0.25, 0.3) is 0 Å². The highest BCUT2D eigenvalue weighted by atomic mass is 15.2. The lowest BCUT2D eigenvalue weighted by molar-refractivity contribution is 0.536. The van der Waals surface area contributed by atoms with Crippen molar-refractivity contribution in [3.8, 4) is 0 Å². The second-order valence-corrected chi connectivity index (χ2v) is 4.04. The number of anilines is 1. The van der Waals surface area contributed by atoms with E-state index in [9.17, 15) is 0 Å². The Morgan fingerprint density at radius 1 is 1.46 bits per heavy atom. The van der Waals surface area contributed by atoms with E-state index in [1.807, 2.05) is 24.0 Å². The molecule has 0 bridgehead atoms. The van der Waals surface area contributed by atoms with Crippen molar-refractivity contribution in [1.29, 1.82) is 0 Å². The topological polar surface area (TPSA) is 29.9 Å². The highest BCUT2D eigenvalue weighted by Gasteiger charge is 2.06. The van der Waals surface area contributed by atoms with E-state index in [-0.39, 0.29) is 0 Å². The average Bonchev–Trinajstić information content (AvgIpc) is 2.34. The smallest absolute Gasteiger partial charge is 0.202 e. The summed E-state index contributed by atoms with van der Waals surface area (Å²) in [5.74, 6) is 1.68. The normalized spacial score (nSPS) is 13.3. The lowest BCUT2D eigenvalue weighted by atomic mass is 10.1. The van der Waals surface area contributed by atoms with Crippen LogP contribution in [0.3, 0.4) is 0 Å². The summed E-state index contributed by atoms with van der Waals surface area (Å²) in [5.41, 5.74) is 0. The molecule has 1 rings (SSSR count). The Labute approximate surface area is 80.2 Å². The average molecular weight is 181 g/mol. The van der Waals surface area contributed by atoms with Crippen LogP contribution in [-0.2, 0) is 7.05 Å². The zero-order valence-electron chi connectivity index (χ0n) is 8.91. The van der Waals surface area contributed by atoms with Gasteiger partial charge in [-0.1, -0.05) is 13.8 Å². The predicted molar refractivity (Wildman–Crippen MR) is 55.7 cm³/mol. The molecule has 0 saturated carbocycles. The molecule has 1 atom stereocenters. The Morgan fingerprint density at radius 3 is 2.62 bits per heavy atom. The molecule has 1 aromatic heterocycles. The highest BCUT2D eigenvalue weighted by Crippen LogP contribution is 2.09. The van der Waals surface area contributed by atoms with Crippen molar-refractivity contribution in [2.24, 2.45) is 13.0 Å². The lowest BCUT2D eigenvalue weighted by Crippen LogP contribution is -2.19. The molecule has 74 valence electrons. The number of nitrogens with zero attached hydrogens (tertiary/aromatic N) is 2. The molecule has 0 aliphatic rings. The molecule has 0 aromatic carbocycles. The van der Waals surface area contributed by atoms with Crippen LogP contribution < -0.4 is 5.32 Å². The number of aromatic nitrogens is 2. The maximum atomic E-state index is 4.21. The number of hydrogen-bond acceptors (Lipinski definition) is 2. The van der Waals surface area contributed by atoms with Crippen LogP contribution in [0.1, 0.15) is 27.2 Å². The minimum Gasteiger partial charge on any atom is -0.353 e. The van der Waals surface area contributed by atoms with E-state index in [4.69, 9.17) is 0 Å². The Kier molecular flexibility index (Phi) is 3.34. The molecule has 0 fully saturated rings. The van der Waals surface area contributed by atoms with Crippen LogP contribution in [0.15, 0.2) is 12.4 Å². The zero-order chi connectivity index (χ0) is 9.84. The van der Waals surface area contributed by atoms with Crippen molar-refractivity contribution in [3.05, 3.63) is 12.4 Å². The van der Waals surface area contributed by atoms with Gasteiger partial charge in [-0.15, -0.1) is 0 Å². The first-order valence-electron chi connectivity index (χ1n) is 4.83. The van der Waals surface area contributed by atoms with Gasteiger partial charge in [0.1, 0.15) is 0 Å². The number of nitrogens with one attached hydrogen (secondary N) is 1. The Balaban J connectivity index is 2.45. The molecule has 13 heavy (non-hydrogen) atoms. The SMILES string of the molecule is CC(C)CC(C)Nc1nccn1C. The quantitative estimate of drug-likeness (QED) is 0.772. The van der Waals surface area contributed by atoms with Gasteiger partial charge in [-0.05, 0) is 19.3 Å². The van der Waals surface area contributed by atoms with Gasteiger partial charge in [-0.2, -0.15) is 0 Å². The molecule has 1 unspecified atom stereocenters. The first kappa shape index (κ1) is 10.1. The summed E-state index contributed by atoms with van der Waals surface area (Å²) in [6.07, 6.45) is 4.93. The first-order valence-corrected chi connectivity index (χ1v) is 4.83. The summed E-state index contributed by atoms with van der Waals surface area (Å²) in [4.78, 5) is 4.21. The number of imidazole rings is 1. The second-order valence-electron chi connectivity index (χ2n) is 4.04. The van der Waals surface area contributed by atoms with Gasteiger partial charge in [0.05, 0.1) is 0 Å². The molecule has 0 amide bonds. The molecule has 0 spiro atoms. The van der Waals surface area contributed by atoms with Gasteiger partial charge in [0, 0.05) is 25.5 Å². The molecule has 3 heteroatoms. The Bertz CT molecular complexity index is 252. The molecule has 3 nitrogen and oxygen atoms in total. The fraction of sp³-hybridized carbons (Fsp3) is 0.700. The number of hydrogen-bond donors (Lipinski definition) is 1. The van der Waals surface area contributed by atoms with Crippen molar-refractivity contribution >= 4 is 5.95 Å². The summed E-state index contributed by atoms with van der Waals surface area (Å²) in [6.45, 7) is 6.65. The maximum absolute atomic E-state index is 4.21. The van der Waals surface area contributed by atoms with Crippen LogP contribution in [0.4, 0.5) is 5.95 Å². The van der Waals surface area contributed by atoms with E-state index in [1.165, 1.54) is 6.42 Å². The van der Waals surface area contributed by atoms with Crippen molar-refractivity contribution in [3.63, 3.8) is 0 Å². The molecule has 0 aliphatic carbocycles. The third-order valence-electron chi connectivity index (χ3n) is 2.02. The van der Waals surface area contributed by atoms with Crippen LogP contribution in [0.2, 0.25) is 0 Å². The number of rotatable bonds is 4. The summed E-state index contributed by atoms with van der Waals surface area (Å²) < 4.78 is 2.00. The molecule has 1 N–H and O–H groups in total. The van der Waals surface area contributed by atoms with Crippen molar-refractivity contribution in [2.45, 2.75) is 33.2 Å². The van der Waals surface area contributed by atoms with E-state index >= 15 is 0 Å². The van der Waals surface area contributed by atoms with Crippen LogP contribution in [0.25, 0.3) is 0 Å². The molecular formula is C10H19N3. The first-order chi connectivity index (χ1) is 6.09. The van der Waals surface area contributed by atoms with Gasteiger partial charge in [0.15, 0.2) is 0 Å². The lowest BCUT2D eigenvalue weighted by Gasteiger charge is -2.16. The maximum Gasteiger partial charge on any atom is 0.202 e. The van der Waals surface area contributed by atoms with Crippen LogP contribution in [-0.4, -0.2) is 15.6 Å². The highest BCUT2D eigenvalue weighted by molar-refractivity contribution is 5.26. The third-order valence-corrected chi connectivity index (χ3v) is 2.02. The van der Waals surface area contributed by atoms with Crippen LogP contribution in [0, 0.1) is 5.92 Å². The number of aryl methyl sites for hydroxylation is 1. The standard InChI is InChI=1S/C10H19N3/c1-8(2)7-9(3)12-10-11-5-6-13(10)4/h5-6,8-9H,7H2,1-4H3,(H,11,12). The Morgan fingerprint density at radius 2 is 2.15 bits per heavy atom. The summed E-state index contributed by atoms with van der Waals surface area (Å²) in [5, 5.41) is 3.37. The Hall–Kier alpha value is -0.990. The van der Waals surface area contributed by atoms with E-state index in [0.717, 1.165) is 11.9 Å². The van der Waals surface area contributed by atoms with Crippen molar-refractivity contribution in [1.82, 2.24) is 9.55 Å². The molecule has 1 heterocycles. The molecular weight excluding hydrogens is 162 g/mol. The van der Waals surface area contributed by atoms with Gasteiger partial charge in [-0.3, -0.25) is 0 Å². The molecule has 0 aliphatic heterocycles. The van der Waals surface area contributed by atoms with Gasteiger partial charge < -0.3 is 9.88 Å². The van der Waals surface area contributed by atoms with Crippen molar-refractivity contribution in [2.75, 3.05) is 5.32 Å².